The number of ether oxygens (including phenoxy) is 2. The number of amides is 2. The van der Waals surface area contributed by atoms with Crippen LogP contribution in [0.1, 0.15) is 12.5 Å². The standard InChI is InChI=1S/C26H19Cl2FN2O4S2/c1-2-34-22-11-15(12-23-25(33)31(26(36)37-23)18-7-4-16(29)5-8-18)3-10-21(22)35-14-24(32)30-17-6-9-19(27)20(28)13-17/h3-13H,2,14H2,1H3,(H,30,32)/b23-12-. The molecule has 4 rings (SSSR count). The fourth-order valence-electron chi connectivity index (χ4n) is 3.35. The highest BCUT2D eigenvalue weighted by atomic mass is 35.5. The van der Waals surface area contributed by atoms with Crippen molar-refractivity contribution in [3.63, 3.8) is 0 Å². The zero-order valence-electron chi connectivity index (χ0n) is 19.3. The Labute approximate surface area is 232 Å². The number of benzene rings is 3. The van der Waals surface area contributed by atoms with Crippen LogP contribution in [-0.2, 0) is 9.59 Å². The smallest absolute Gasteiger partial charge is 0.270 e. The predicted octanol–water partition coefficient (Wildman–Crippen LogP) is 6.95. The van der Waals surface area contributed by atoms with E-state index in [0.29, 0.717) is 54.3 Å². The average Bonchev–Trinajstić information content (AvgIpc) is 3.14. The minimum absolute atomic E-state index is 0.268. The van der Waals surface area contributed by atoms with Crippen molar-refractivity contribution in [3.8, 4) is 11.5 Å². The molecule has 3 aromatic carbocycles. The zero-order chi connectivity index (χ0) is 26.5. The summed E-state index contributed by atoms with van der Waals surface area (Å²) < 4.78 is 25.0. The van der Waals surface area contributed by atoms with Crippen LogP contribution in [0.2, 0.25) is 10.0 Å². The molecule has 1 heterocycles. The van der Waals surface area contributed by atoms with Gasteiger partial charge in [-0.2, -0.15) is 0 Å². The summed E-state index contributed by atoms with van der Waals surface area (Å²) in [6, 6.07) is 15.4. The van der Waals surface area contributed by atoms with E-state index in [4.69, 9.17) is 44.9 Å². The summed E-state index contributed by atoms with van der Waals surface area (Å²) in [7, 11) is 0. The first-order valence-electron chi connectivity index (χ1n) is 10.9. The van der Waals surface area contributed by atoms with E-state index < -0.39 is 11.7 Å². The van der Waals surface area contributed by atoms with Gasteiger partial charge in [0.2, 0.25) is 0 Å². The van der Waals surface area contributed by atoms with Gasteiger partial charge in [0, 0.05) is 5.69 Å². The molecule has 0 aliphatic carbocycles. The van der Waals surface area contributed by atoms with Crippen molar-refractivity contribution in [2.24, 2.45) is 0 Å². The van der Waals surface area contributed by atoms with Crippen molar-refractivity contribution >= 4 is 80.8 Å². The maximum atomic E-state index is 13.3. The SMILES string of the molecule is CCOc1cc(/C=C2\SC(=S)N(c3ccc(F)cc3)C2=O)ccc1OCC(=O)Nc1ccc(Cl)c(Cl)c1. The van der Waals surface area contributed by atoms with Crippen LogP contribution in [-0.4, -0.2) is 29.3 Å². The molecule has 1 aliphatic rings. The lowest BCUT2D eigenvalue weighted by Gasteiger charge is -2.14. The van der Waals surface area contributed by atoms with E-state index in [1.807, 2.05) is 6.92 Å². The van der Waals surface area contributed by atoms with Crippen LogP contribution in [0.5, 0.6) is 11.5 Å². The highest BCUT2D eigenvalue weighted by Gasteiger charge is 2.33. The lowest BCUT2D eigenvalue weighted by Crippen LogP contribution is -2.27. The van der Waals surface area contributed by atoms with Gasteiger partial charge in [-0.25, -0.2) is 4.39 Å². The van der Waals surface area contributed by atoms with Gasteiger partial charge in [-0.1, -0.05) is 53.2 Å². The Bertz CT molecular complexity index is 1400. The quantitative estimate of drug-likeness (QED) is 0.231. The molecule has 2 amide bonds. The highest BCUT2D eigenvalue weighted by Crippen LogP contribution is 2.37. The minimum atomic E-state index is -0.401. The summed E-state index contributed by atoms with van der Waals surface area (Å²) in [6.45, 7) is 1.92. The average molecular weight is 577 g/mol. The first-order chi connectivity index (χ1) is 17.7. The van der Waals surface area contributed by atoms with E-state index >= 15 is 0 Å². The molecule has 0 aromatic heterocycles. The first kappa shape index (κ1) is 26.9. The van der Waals surface area contributed by atoms with Crippen molar-refractivity contribution in [2.45, 2.75) is 6.92 Å². The fraction of sp³-hybridized carbons (Fsp3) is 0.115. The van der Waals surface area contributed by atoms with Gasteiger partial charge in [0.1, 0.15) is 5.82 Å². The number of thioether (sulfide) groups is 1. The number of anilines is 2. The normalized spacial score (nSPS) is 14.3. The highest BCUT2D eigenvalue weighted by molar-refractivity contribution is 8.27. The van der Waals surface area contributed by atoms with Crippen molar-refractivity contribution in [2.75, 3.05) is 23.4 Å². The topological polar surface area (TPSA) is 67.9 Å². The Kier molecular flexibility index (Phi) is 8.71. The molecule has 1 aliphatic heterocycles. The Morgan fingerprint density at radius 2 is 1.81 bits per heavy atom. The number of rotatable bonds is 8. The van der Waals surface area contributed by atoms with Gasteiger partial charge in [-0.3, -0.25) is 14.5 Å². The summed E-state index contributed by atoms with van der Waals surface area (Å²) in [5, 5.41) is 3.39. The molecule has 6 nitrogen and oxygen atoms in total. The van der Waals surface area contributed by atoms with Crippen LogP contribution in [0.4, 0.5) is 15.8 Å². The second kappa shape index (κ2) is 12.0. The van der Waals surface area contributed by atoms with Crippen LogP contribution < -0.4 is 19.7 Å². The second-order valence-electron chi connectivity index (χ2n) is 7.60. The number of carbonyl (C=O) groups excluding carboxylic acids is 2. The third-order valence-electron chi connectivity index (χ3n) is 5.01. The molecule has 0 saturated carbocycles. The van der Waals surface area contributed by atoms with E-state index in [-0.39, 0.29) is 12.5 Å². The summed E-state index contributed by atoms with van der Waals surface area (Å²) >= 11 is 18.4. The van der Waals surface area contributed by atoms with Crippen molar-refractivity contribution in [1.29, 1.82) is 0 Å². The number of halogens is 3. The van der Waals surface area contributed by atoms with E-state index in [1.165, 1.54) is 29.2 Å². The van der Waals surface area contributed by atoms with E-state index in [9.17, 15) is 14.0 Å². The third kappa shape index (κ3) is 6.61. The Morgan fingerprint density at radius 3 is 2.51 bits per heavy atom. The van der Waals surface area contributed by atoms with Crippen LogP contribution >= 0.6 is 47.2 Å². The predicted molar refractivity (Wildman–Crippen MR) is 150 cm³/mol. The van der Waals surface area contributed by atoms with Crippen LogP contribution in [0, 0.1) is 5.82 Å². The van der Waals surface area contributed by atoms with E-state index in [0.717, 1.165) is 11.8 Å². The summed E-state index contributed by atoms with van der Waals surface area (Å²) in [6.07, 6.45) is 1.69. The van der Waals surface area contributed by atoms with Gasteiger partial charge >= 0.3 is 0 Å². The second-order valence-corrected chi connectivity index (χ2v) is 10.1. The Balaban J connectivity index is 1.46. The minimum Gasteiger partial charge on any atom is -0.490 e. The lowest BCUT2D eigenvalue weighted by molar-refractivity contribution is -0.118. The molecule has 1 saturated heterocycles. The molecule has 0 radical (unpaired) electrons. The molecular formula is C26H19Cl2FN2O4S2. The molecular weight excluding hydrogens is 558 g/mol. The summed E-state index contributed by atoms with van der Waals surface area (Å²) in [4.78, 5) is 27.1. The summed E-state index contributed by atoms with van der Waals surface area (Å²) in [5.74, 6) is -0.328. The lowest BCUT2D eigenvalue weighted by atomic mass is 10.1. The molecule has 11 heteroatoms. The number of carbonyl (C=O) groups is 2. The van der Waals surface area contributed by atoms with Crippen molar-refractivity contribution in [3.05, 3.63) is 87.0 Å². The molecule has 37 heavy (non-hydrogen) atoms. The van der Waals surface area contributed by atoms with Gasteiger partial charge < -0.3 is 14.8 Å². The van der Waals surface area contributed by atoms with Crippen LogP contribution in [0.25, 0.3) is 6.08 Å². The maximum Gasteiger partial charge on any atom is 0.270 e. The van der Waals surface area contributed by atoms with Gasteiger partial charge in [0.15, 0.2) is 22.4 Å². The zero-order valence-corrected chi connectivity index (χ0v) is 22.4. The van der Waals surface area contributed by atoms with Gasteiger partial charge in [-0.15, -0.1) is 0 Å². The van der Waals surface area contributed by atoms with Gasteiger partial charge in [0.25, 0.3) is 11.8 Å². The molecule has 1 fully saturated rings. The molecule has 0 atom stereocenters. The molecule has 1 N–H and O–H groups in total. The van der Waals surface area contributed by atoms with Gasteiger partial charge in [-0.05, 0) is 73.2 Å². The van der Waals surface area contributed by atoms with Crippen molar-refractivity contribution in [1.82, 2.24) is 0 Å². The largest absolute Gasteiger partial charge is 0.490 e. The number of nitrogens with zero attached hydrogens (tertiary/aromatic N) is 1. The number of hydrogen-bond donors (Lipinski definition) is 1. The third-order valence-corrected chi connectivity index (χ3v) is 7.05. The van der Waals surface area contributed by atoms with E-state index in [2.05, 4.69) is 5.32 Å². The molecule has 190 valence electrons. The van der Waals surface area contributed by atoms with E-state index in [1.54, 1.807) is 42.5 Å². The van der Waals surface area contributed by atoms with Gasteiger partial charge in [0.05, 0.1) is 27.2 Å². The fourth-order valence-corrected chi connectivity index (χ4v) is 4.95. The molecule has 0 bridgehead atoms. The number of hydrogen-bond acceptors (Lipinski definition) is 6. The van der Waals surface area contributed by atoms with Crippen LogP contribution in [0.3, 0.4) is 0 Å². The summed E-state index contributed by atoms with van der Waals surface area (Å²) in [5.41, 5.74) is 1.65. The maximum absolute atomic E-state index is 13.3. The molecule has 3 aromatic rings. The first-order valence-corrected chi connectivity index (χ1v) is 12.9. The van der Waals surface area contributed by atoms with Crippen LogP contribution in [0.15, 0.2) is 65.6 Å². The monoisotopic (exact) mass is 576 g/mol. The Hall–Kier alpha value is -3.11. The van der Waals surface area contributed by atoms with Crippen molar-refractivity contribution < 1.29 is 23.5 Å². The molecule has 0 unspecified atom stereocenters. The number of thiocarbonyl (C=S) groups is 1. The number of nitrogens with one attached hydrogen (secondary N) is 1. The molecule has 0 spiro atoms. The Morgan fingerprint density at radius 1 is 1.05 bits per heavy atom.